The number of carbonyl (C=O) groups is 1. The maximum Gasteiger partial charge on any atom is 0.416 e. The van der Waals surface area contributed by atoms with Crippen LogP contribution in [0.1, 0.15) is 16.7 Å². The molecule has 0 radical (unpaired) electrons. The summed E-state index contributed by atoms with van der Waals surface area (Å²) in [6.07, 6.45) is -4.49. The van der Waals surface area contributed by atoms with Crippen LogP contribution in [0.2, 0.25) is 0 Å². The Morgan fingerprint density at radius 3 is 2.22 bits per heavy atom. The summed E-state index contributed by atoms with van der Waals surface area (Å²) in [5.41, 5.74) is 0.645. The molecule has 0 atom stereocenters. The van der Waals surface area contributed by atoms with Gasteiger partial charge in [0.05, 0.1) is 16.1 Å². The fourth-order valence-electron chi connectivity index (χ4n) is 2.99. The minimum absolute atomic E-state index is 0.0197. The van der Waals surface area contributed by atoms with Gasteiger partial charge in [0.25, 0.3) is 10.0 Å². The Hall–Kier alpha value is -3.33. The predicted octanol–water partition coefficient (Wildman–Crippen LogP) is 4.53. The van der Waals surface area contributed by atoms with Gasteiger partial charge in [-0.15, -0.1) is 0 Å². The molecule has 0 heterocycles. The normalized spacial score (nSPS) is 11.8. The van der Waals surface area contributed by atoms with Gasteiger partial charge in [0.1, 0.15) is 6.54 Å². The van der Waals surface area contributed by atoms with E-state index in [1.807, 2.05) is 6.92 Å². The lowest BCUT2D eigenvalue weighted by atomic mass is 10.1. The SMILES string of the molecule is Cc1ccc(N(CC(=O)NCc2cccc(C(F)(F)F)c2)S(=O)(=O)c2ccccc2)cc1. The number of carbonyl (C=O) groups excluding carboxylic acids is 1. The molecule has 3 aromatic rings. The first-order valence-corrected chi connectivity index (χ1v) is 11.1. The van der Waals surface area contributed by atoms with Crippen molar-refractivity contribution in [2.45, 2.75) is 24.5 Å². The van der Waals surface area contributed by atoms with Gasteiger partial charge >= 0.3 is 6.18 Å². The molecule has 5 nitrogen and oxygen atoms in total. The van der Waals surface area contributed by atoms with Gasteiger partial charge in [-0.1, -0.05) is 48.0 Å². The van der Waals surface area contributed by atoms with Crippen molar-refractivity contribution in [3.05, 3.63) is 95.6 Å². The van der Waals surface area contributed by atoms with Crippen LogP contribution in [0.3, 0.4) is 0 Å². The number of nitrogens with one attached hydrogen (secondary N) is 1. The lowest BCUT2D eigenvalue weighted by Crippen LogP contribution is -2.40. The third-order valence-electron chi connectivity index (χ3n) is 4.68. The van der Waals surface area contributed by atoms with Crippen LogP contribution in [0.4, 0.5) is 18.9 Å². The van der Waals surface area contributed by atoms with E-state index in [-0.39, 0.29) is 17.0 Å². The molecule has 0 saturated carbocycles. The van der Waals surface area contributed by atoms with Crippen molar-refractivity contribution in [1.29, 1.82) is 0 Å². The summed E-state index contributed by atoms with van der Waals surface area (Å²) in [6.45, 7) is 1.15. The molecular formula is C23H21F3N2O3S. The van der Waals surface area contributed by atoms with Gasteiger partial charge < -0.3 is 5.32 Å². The fraction of sp³-hybridized carbons (Fsp3) is 0.174. The van der Waals surface area contributed by atoms with Crippen molar-refractivity contribution in [2.24, 2.45) is 0 Å². The van der Waals surface area contributed by atoms with Gasteiger partial charge in [-0.25, -0.2) is 8.42 Å². The van der Waals surface area contributed by atoms with Crippen molar-refractivity contribution in [2.75, 3.05) is 10.8 Å². The van der Waals surface area contributed by atoms with E-state index in [9.17, 15) is 26.4 Å². The number of anilines is 1. The molecule has 0 fully saturated rings. The summed E-state index contributed by atoms with van der Waals surface area (Å²) in [5.74, 6) is -0.650. The monoisotopic (exact) mass is 462 g/mol. The van der Waals surface area contributed by atoms with Crippen LogP contribution < -0.4 is 9.62 Å². The van der Waals surface area contributed by atoms with E-state index >= 15 is 0 Å². The van der Waals surface area contributed by atoms with E-state index in [4.69, 9.17) is 0 Å². The quantitative estimate of drug-likeness (QED) is 0.561. The van der Waals surface area contributed by atoms with Crippen molar-refractivity contribution in [1.82, 2.24) is 5.32 Å². The summed E-state index contributed by atoms with van der Waals surface area (Å²) in [4.78, 5) is 12.6. The lowest BCUT2D eigenvalue weighted by Gasteiger charge is -2.24. The standard InChI is InChI=1S/C23H21F3N2O3S/c1-17-10-12-20(13-11-17)28(32(30,31)21-8-3-2-4-9-21)16-22(29)27-15-18-6-5-7-19(14-18)23(24,25)26/h2-14H,15-16H2,1H3,(H,27,29). The van der Waals surface area contributed by atoms with Gasteiger partial charge in [-0.3, -0.25) is 9.10 Å². The predicted molar refractivity (Wildman–Crippen MR) is 115 cm³/mol. The molecule has 1 N–H and O–H groups in total. The molecule has 0 aliphatic heterocycles. The molecule has 168 valence electrons. The second kappa shape index (κ2) is 9.44. The Morgan fingerprint density at radius 2 is 1.59 bits per heavy atom. The number of aryl methyl sites for hydroxylation is 1. The van der Waals surface area contributed by atoms with E-state index in [1.54, 1.807) is 42.5 Å². The highest BCUT2D eigenvalue weighted by Crippen LogP contribution is 2.29. The highest BCUT2D eigenvalue weighted by atomic mass is 32.2. The lowest BCUT2D eigenvalue weighted by molar-refractivity contribution is -0.137. The van der Waals surface area contributed by atoms with Gasteiger partial charge in [0.15, 0.2) is 0 Å². The Balaban J connectivity index is 1.81. The molecule has 1 amide bonds. The fourth-order valence-corrected chi connectivity index (χ4v) is 4.43. The van der Waals surface area contributed by atoms with Crippen LogP contribution in [0.15, 0.2) is 83.8 Å². The molecule has 32 heavy (non-hydrogen) atoms. The van der Waals surface area contributed by atoms with E-state index in [0.717, 1.165) is 22.0 Å². The Morgan fingerprint density at radius 1 is 0.938 bits per heavy atom. The number of hydrogen-bond acceptors (Lipinski definition) is 3. The first-order chi connectivity index (χ1) is 15.1. The number of hydrogen-bond donors (Lipinski definition) is 1. The first-order valence-electron chi connectivity index (χ1n) is 9.65. The minimum Gasteiger partial charge on any atom is -0.350 e. The molecule has 9 heteroatoms. The molecular weight excluding hydrogens is 441 g/mol. The summed E-state index contributed by atoms with van der Waals surface area (Å²) in [6, 6.07) is 18.9. The minimum atomic E-state index is -4.49. The summed E-state index contributed by atoms with van der Waals surface area (Å²) in [7, 11) is -4.05. The zero-order chi connectivity index (χ0) is 23.4. The maximum atomic E-state index is 13.2. The maximum absolute atomic E-state index is 13.2. The number of alkyl halides is 3. The van der Waals surface area contributed by atoms with Crippen LogP contribution in [-0.2, 0) is 27.5 Å². The zero-order valence-corrected chi connectivity index (χ0v) is 18.0. The number of sulfonamides is 1. The van der Waals surface area contributed by atoms with Crippen LogP contribution in [0, 0.1) is 6.92 Å². The summed E-state index contributed by atoms with van der Waals surface area (Å²) in [5, 5.41) is 2.50. The first kappa shape index (κ1) is 23.3. The number of benzene rings is 3. The highest BCUT2D eigenvalue weighted by Gasteiger charge is 2.30. The second-order valence-corrected chi connectivity index (χ2v) is 9.00. The Labute approximate surface area is 184 Å². The van der Waals surface area contributed by atoms with Gasteiger partial charge in [0.2, 0.25) is 5.91 Å². The van der Waals surface area contributed by atoms with Crippen molar-refractivity contribution in [3.8, 4) is 0 Å². The average molecular weight is 462 g/mol. The van der Waals surface area contributed by atoms with Gasteiger partial charge in [0, 0.05) is 6.54 Å². The molecule has 0 spiro atoms. The Kier molecular flexibility index (Phi) is 6.88. The number of nitrogens with zero attached hydrogens (tertiary/aromatic N) is 1. The highest BCUT2D eigenvalue weighted by molar-refractivity contribution is 7.92. The van der Waals surface area contributed by atoms with Crippen molar-refractivity contribution in [3.63, 3.8) is 0 Å². The number of amides is 1. The van der Waals surface area contributed by atoms with E-state index < -0.39 is 34.2 Å². The van der Waals surface area contributed by atoms with Crippen LogP contribution in [-0.4, -0.2) is 20.9 Å². The number of halogens is 3. The molecule has 0 aliphatic rings. The molecule has 3 rings (SSSR count). The van der Waals surface area contributed by atoms with Crippen LogP contribution >= 0.6 is 0 Å². The molecule has 0 aliphatic carbocycles. The second-order valence-electron chi connectivity index (χ2n) is 7.14. The van der Waals surface area contributed by atoms with Gasteiger partial charge in [-0.05, 0) is 48.9 Å². The van der Waals surface area contributed by atoms with Crippen molar-refractivity contribution >= 4 is 21.6 Å². The topological polar surface area (TPSA) is 66.5 Å². The summed E-state index contributed by atoms with van der Waals surface area (Å²) >= 11 is 0. The molecule has 0 aromatic heterocycles. The van der Waals surface area contributed by atoms with Crippen molar-refractivity contribution < 1.29 is 26.4 Å². The third kappa shape index (κ3) is 5.67. The Bertz CT molecular complexity index is 1180. The molecule has 0 saturated heterocycles. The van der Waals surface area contributed by atoms with E-state index in [2.05, 4.69) is 5.32 Å². The molecule has 0 bridgehead atoms. The van der Waals surface area contributed by atoms with Crippen LogP contribution in [0.25, 0.3) is 0 Å². The molecule has 3 aromatic carbocycles. The van der Waals surface area contributed by atoms with Gasteiger partial charge in [-0.2, -0.15) is 13.2 Å². The third-order valence-corrected chi connectivity index (χ3v) is 6.47. The van der Waals surface area contributed by atoms with E-state index in [1.165, 1.54) is 24.3 Å². The average Bonchev–Trinajstić information content (AvgIpc) is 2.77. The molecule has 0 unspecified atom stereocenters. The number of rotatable bonds is 7. The van der Waals surface area contributed by atoms with E-state index in [0.29, 0.717) is 5.69 Å². The summed E-state index contributed by atoms with van der Waals surface area (Å²) < 4.78 is 66.0. The van der Waals surface area contributed by atoms with Crippen LogP contribution in [0.5, 0.6) is 0 Å². The largest absolute Gasteiger partial charge is 0.416 e. The smallest absolute Gasteiger partial charge is 0.350 e. The zero-order valence-electron chi connectivity index (χ0n) is 17.1.